The molecule has 0 spiro atoms. The predicted octanol–water partition coefficient (Wildman–Crippen LogP) is 4.99. The number of rotatable bonds is 5. The molecule has 0 N–H and O–H groups in total. The van der Waals surface area contributed by atoms with Gasteiger partial charge in [0.25, 0.3) is 5.22 Å². The number of halogens is 4. The zero-order valence-corrected chi connectivity index (χ0v) is 16.8. The van der Waals surface area contributed by atoms with Crippen LogP contribution in [0.5, 0.6) is 0 Å². The SMILES string of the molecule is Cc1ccccc1-c1nnc(SCc2nnnn2-c2ccc(Cl)cc2C(F)(F)F)o1. The molecule has 0 saturated carbocycles. The number of nitrogens with zero attached hydrogens (tertiary/aromatic N) is 6. The van der Waals surface area contributed by atoms with Crippen LogP contribution in [0.3, 0.4) is 0 Å². The lowest BCUT2D eigenvalue weighted by molar-refractivity contribution is -0.137. The Bertz CT molecular complexity index is 1190. The maximum absolute atomic E-state index is 13.4. The van der Waals surface area contributed by atoms with Gasteiger partial charge in [0.1, 0.15) is 0 Å². The molecular formula is C18H12ClF3N6OS. The zero-order chi connectivity index (χ0) is 21.3. The van der Waals surface area contributed by atoms with Crippen LogP contribution in [0.25, 0.3) is 17.1 Å². The van der Waals surface area contributed by atoms with Crippen LogP contribution in [0.2, 0.25) is 5.02 Å². The lowest BCUT2D eigenvalue weighted by Crippen LogP contribution is -2.13. The Morgan fingerprint density at radius 3 is 2.67 bits per heavy atom. The van der Waals surface area contributed by atoms with Crippen LogP contribution in [-0.2, 0) is 11.9 Å². The molecule has 12 heteroatoms. The second-order valence-corrected chi connectivity index (χ2v) is 7.51. The van der Waals surface area contributed by atoms with Gasteiger partial charge in [0, 0.05) is 10.6 Å². The van der Waals surface area contributed by atoms with Crippen LogP contribution in [0, 0.1) is 6.92 Å². The Balaban J connectivity index is 1.57. The Hall–Kier alpha value is -2.92. The number of alkyl halides is 3. The first kappa shape index (κ1) is 20.4. The van der Waals surface area contributed by atoms with E-state index in [1.54, 1.807) is 0 Å². The van der Waals surface area contributed by atoms with Gasteiger partial charge in [-0.15, -0.1) is 15.3 Å². The van der Waals surface area contributed by atoms with Gasteiger partial charge < -0.3 is 4.42 Å². The maximum Gasteiger partial charge on any atom is 0.418 e. The van der Waals surface area contributed by atoms with Gasteiger partial charge in [-0.25, -0.2) is 0 Å². The summed E-state index contributed by atoms with van der Waals surface area (Å²) in [5.41, 5.74) is 0.619. The number of hydrogen-bond donors (Lipinski definition) is 0. The molecule has 7 nitrogen and oxygen atoms in total. The molecule has 30 heavy (non-hydrogen) atoms. The van der Waals surface area contributed by atoms with Gasteiger partial charge in [0.2, 0.25) is 5.89 Å². The van der Waals surface area contributed by atoms with E-state index < -0.39 is 11.7 Å². The van der Waals surface area contributed by atoms with Gasteiger partial charge in [-0.3, -0.25) is 0 Å². The Morgan fingerprint density at radius 1 is 1.10 bits per heavy atom. The van der Waals surface area contributed by atoms with Crippen LogP contribution in [0.15, 0.2) is 52.1 Å². The third kappa shape index (κ3) is 4.17. The van der Waals surface area contributed by atoms with E-state index in [9.17, 15) is 13.2 Å². The molecular weight excluding hydrogens is 441 g/mol. The standard InChI is InChI=1S/C18H12ClF3N6OS/c1-10-4-2-3-5-12(10)16-24-25-17(29-16)30-9-15-23-26-27-28(15)14-7-6-11(19)8-13(14)18(20,21)22/h2-8H,9H2,1H3. The Morgan fingerprint density at radius 2 is 1.90 bits per heavy atom. The van der Waals surface area contributed by atoms with E-state index in [-0.39, 0.29) is 27.5 Å². The topological polar surface area (TPSA) is 82.5 Å². The van der Waals surface area contributed by atoms with Crippen LogP contribution < -0.4 is 0 Å². The van der Waals surface area contributed by atoms with E-state index in [0.717, 1.165) is 33.6 Å². The summed E-state index contributed by atoms with van der Waals surface area (Å²) in [5, 5.41) is 19.2. The summed E-state index contributed by atoms with van der Waals surface area (Å²) in [4.78, 5) is 0. The molecule has 4 rings (SSSR count). The van der Waals surface area contributed by atoms with Crippen molar-refractivity contribution in [2.75, 3.05) is 0 Å². The lowest BCUT2D eigenvalue weighted by Gasteiger charge is -2.13. The highest BCUT2D eigenvalue weighted by Crippen LogP contribution is 2.36. The fourth-order valence-corrected chi connectivity index (χ4v) is 3.56. The molecule has 154 valence electrons. The molecule has 0 amide bonds. The molecule has 0 fully saturated rings. The highest BCUT2D eigenvalue weighted by atomic mass is 35.5. The van der Waals surface area contributed by atoms with Gasteiger partial charge in [0.15, 0.2) is 5.82 Å². The first-order chi connectivity index (χ1) is 14.3. The number of aromatic nitrogens is 6. The van der Waals surface area contributed by atoms with Crippen molar-refractivity contribution in [3.8, 4) is 17.1 Å². The minimum atomic E-state index is -4.62. The maximum atomic E-state index is 13.4. The lowest BCUT2D eigenvalue weighted by atomic mass is 10.1. The van der Waals surface area contributed by atoms with Gasteiger partial charge in [-0.05, 0) is 47.2 Å². The van der Waals surface area contributed by atoms with Crippen molar-refractivity contribution in [1.82, 2.24) is 30.4 Å². The minimum absolute atomic E-state index is 0.0373. The summed E-state index contributed by atoms with van der Waals surface area (Å²) >= 11 is 6.85. The van der Waals surface area contributed by atoms with Crippen LogP contribution in [-0.4, -0.2) is 30.4 Å². The average molecular weight is 453 g/mol. The highest BCUT2D eigenvalue weighted by molar-refractivity contribution is 7.98. The molecule has 2 aromatic heterocycles. The van der Waals surface area contributed by atoms with Crippen LogP contribution in [0.1, 0.15) is 17.0 Å². The molecule has 2 aromatic carbocycles. The second kappa shape index (κ2) is 8.07. The van der Waals surface area contributed by atoms with Crippen molar-refractivity contribution < 1.29 is 17.6 Å². The largest absolute Gasteiger partial charge is 0.418 e. The van der Waals surface area contributed by atoms with Gasteiger partial charge in [-0.1, -0.05) is 41.6 Å². The fourth-order valence-electron chi connectivity index (χ4n) is 2.72. The third-order valence-corrected chi connectivity index (χ3v) is 5.18. The average Bonchev–Trinajstić information content (AvgIpc) is 3.35. The molecule has 2 heterocycles. The molecule has 4 aromatic rings. The number of benzene rings is 2. The third-order valence-electron chi connectivity index (χ3n) is 4.13. The summed E-state index contributed by atoms with van der Waals surface area (Å²) in [6.07, 6.45) is -4.62. The molecule has 0 radical (unpaired) electrons. The summed E-state index contributed by atoms with van der Waals surface area (Å²) in [5.74, 6) is 0.651. The van der Waals surface area contributed by atoms with Gasteiger partial charge >= 0.3 is 6.18 Å². The molecule has 0 bridgehead atoms. The summed E-state index contributed by atoms with van der Waals surface area (Å²) in [6.45, 7) is 1.92. The molecule has 0 aliphatic heterocycles. The van der Waals surface area contributed by atoms with Crippen molar-refractivity contribution in [3.63, 3.8) is 0 Å². The Kier molecular flexibility index (Phi) is 5.48. The first-order valence-electron chi connectivity index (χ1n) is 8.49. The smallest absolute Gasteiger partial charge is 0.411 e. The van der Waals surface area contributed by atoms with Crippen LogP contribution in [0.4, 0.5) is 13.2 Å². The summed E-state index contributed by atoms with van der Waals surface area (Å²) in [6, 6.07) is 10.9. The normalized spacial score (nSPS) is 11.8. The zero-order valence-electron chi connectivity index (χ0n) is 15.3. The van der Waals surface area contributed by atoms with E-state index in [1.165, 1.54) is 12.1 Å². The molecule has 0 atom stereocenters. The van der Waals surface area contributed by atoms with E-state index in [1.807, 2.05) is 31.2 Å². The van der Waals surface area contributed by atoms with Crippen molar-refractivity contribution in [3.05, 3.63) is 64.4 Å². The minimum Gasteiger partial charge on any atom is -0.411 e. The number of thioether (sulfide) groups is 1. The molecule has 0 aliphatic carbocycles. The highest BCUT2D eigenvalue weighted by Gasteiger charge is 2.35. The van der Waals surface area contributed by atoms with Gasteiger partial charge in [-0.2, -0.15) is 17.9 Å². The van der Waals surface area contributed by atoms with Crippen molar-refractivity contribution in [1.29, 1.82) is 0 Å². The Labute approximate surface area is 177 Å². The quantitative estimate of drug-likeness (QED) is 0.395. The van der Waals surface area contributed by atoms with E-state index in [0.29, 0.717) is 5.89 Å². The van der Waals surface area contributed by atoms with E-state index in [4.69, 9.17) is 16.0 Å². The van der Waals surface area contributed by atoms with E-state index in [2.05, 4.69) is 25.7 Å². The molecule has 0 aliphatic rings. The van der Waals surface area contributed by atoms with Gasteiger partial charge in [0.05, 0.1) is 17.0 Å². The molecule has 0 saturated heterocycles. The van der Waals surface area contributed by atoms with Crippen molar-refractivity contribution in [2.45, 2.75) is 24.1 Å². The second-order valence-electron chi connectivity index (χ2n) is 6.14. The molecule has 0 unspecified atom stereocenters. The fraction of sp³-hybridized carbons (Fsp3) is 0.167. The van der Waals surface area contributed by atoms with Crippen molar-refractivity contribution in [2.24, 2.45) is 0 Å². The number of hydrogen-bond acceptors (Lipinski definition) is 7. The number of aryl methyl sites for hydroxylation is 1. The summed E-state index contributed by atoms with van der Waals surface area (Å²) in [7, 11) is 0. The number of tetrazole rings is 1. The summed E-state index contributed by atoms with van der Waals surface area (Å²) < 4.78 is 46.9. The first-order valence-corrected chi connectivity index (χ1v) is 9.86. The van der Waals surface area contributed by atoms with Crippen LogP contribution >= 0.6 is 23.4 Å². The van der Waals surface area contributed by atoms with Crippen molar-refractivity contribution >= 4 is 23.4 Å². The van der Waals surface area contributed by atoms with E-state index >= 15 is 0 Å². The monoisotopic (exact) mass is 452 g/mol. The predicted molar refractivity (Wildman–Crippen MR) is 103 cm³/mol.